The highest BCUT2D eigenvalue weighted by atomic mass is 16.5. The molecule has 1 amide bonds. The van der Waals surface area contributed by atoms with Crippen LogP contribution in [0.3, 0.4) is 0 Å². The van der Waals surface area contributed by atoms with E-state index in [4.69, 9.17) is 4.74 Å². The number of ether oxygens (including phenoxy) is 1. The normalized spacial score (nSPS) is 21.6. The van der Waals surface area contributed by atoms with Crippen LogP contribution in [-0.2, 0) is 9.53 Å². The Hall–Kier alpha value is -0.830. The molecule has 1 heterocycles. The molecule has 1 aliphatic rings. The van der Waals surface area contributed by atoms with Crippen LogP contribution in [0.4, 0.5) is 0 Å². The van der Waals surface area contributed by atoms with Crippen LogP contribution in [0.2, 0.25) is 0 Å². The number of hydrogen-bond acceptors (Lipinski definition) is 2. The molecule has 0 spiro atoms. The zero-order valence-electron chi connectivity index (χ0n) is 9.03. The van der Waals surface area contributed by atoms with E-state index in [-0.39, 0.29) is 18.6 Å². The molecule has 0 aromatic carbocycles. The number of carbonyl (C=O) groups excluding carboxylic acids is 1. The molecule has 0 aromatic rings. The zero-order chi connectivity index (χ0) is 10.6. The first kappa shape index (κ1) is 11.2. The molecule has 0 N–H and O–H groups in total. The van der Waals surface area contributed by atoms with Crippen molar-refractivity contribution in [3.63, 3.8) is 0 Å². The molecule has 1 aliphatic heterocycles. The molecule has 1 unspecified atom stereocenters. The van der Waals surface area contributed by atoms with E-state index in [1.807, 2.05) is 24.8 Å². The Kier molecular flexibility index (Phi) is 4.14. The second-order valence-electron chi connectivity index (χ2n) is 3.98. The number of carbonyl (C=O) groups is 1. The SMILES string of the molecule is C=CC1CCN(C(=O)COC(C)C)C1. The Morgan fingerprint density at radius 2 is 2.43 bits per heavy atom. The van der Waals surface area contributed by atoms with Crippen molar-refractivity contribution >= 4 is 5.91 Å². The van der Waals surface area contributed by atoms with Crippen LogP contribution in [0.5, 0.6) is 0 Å². The van der Waals surface area contributed by atoms with Gasteiger partial charge in [-0.3, -0.25) is 4.79 Å². The van der Waals surface area contributed by atoms with E-state index in [1.54, 1.807) is 0 Å². The van der Waals surface area contributed by atoms with Gasteiger partial charge in [-0.15, -0.1) is 6.58 Å². The Morgan fingerprint density at radius 3 is 2.93 bits per heavy atom. The maximum Gasteiger partial charge on any atom is 0.248 e. The maximum absolute atomic E-state index is 11.6. The van der Waals surface area contributed by atoms with Crippen LogP contribution in [0, 0.1) is 5.92 Å². The molecule has 1 rings (SSSR count). The van der Waals surface area contributed by atoms with Crippen molar-refractivity contribution in [2.75, 3.05) is 19.7 Å². The summed E-state index contributed by atoms with van der Waals surface area (Å²) in [6.45, 7) is 9.47. The lowest BCUT2D eigenvalue weighted by molar-refractivity contribution is -0.136. The predicted octanol–water partition coefficient (Wildman–Crippen LogP) is 1.45. The number of rotatable bonds is 4. The third kappa shape index (κ3) is 3.14. The summed E-state index contributed by atoms with van der Waals surface area (Å²) in [5.74, 6) is 0.570. The van der Waals surface area contributed by atoms with Crippen molar-refractivity contribution in [2.45, 2.75) is 26.4 Å². The third-order valence-corrected chi connectivity index (χ3v) is 2.45. The van der Waals surface area contributed by atoms with Crippen LogP contribution < -0.4 is 0 Å². The average Bonchev–Trinajstić information content (AvgIpc) is 2.62. The molecular formula is C11H19NO2. The van der Waals surface area contributed by atoms with Crippen LogP contribution >= 0.6 is 0 Å². The fraction of sp³-hybridized carbons (Fsp3) is 0.727. The summed E-state index contributed by atoms with van der Waals surface area (Å²) in [6.07, 6.45) is 3.09. The van der Waals surface area contributed by atoms with Gasteiger partial charge in [0.25, 0.3) is 0 Å². The summed E-state index contributed by atoms with van der Waals surface area (Å²) in [7, 11) is 0. The molecule has 3 nitrogen and oxygen atoms in total. The lowest BCUT2D eigenvalue weighted by Gasteiger charge is -2.16. The van der Waals surface area contributed by atoms with Gasteiger partial charge in [0.15, 0.2) is 0 Å². The van der Waals surface area contributed by atoms with Gasteiger partial charge in [-0.2, -0.15) is 0 Å². The van der Waals surface area contributed by atoms with Gasteiger partial charge in [-0.1, -0.05) is 6.08 Å². The molecule has 0 radical (unpaired) electrons. The van der Waals surface area contributed by atoms with E-state index in [0.29, 0.717) is 5.92 Å². The molecular weight excluding hydrogens is 178 g/mol. The first-order chi connectivity index (χ1) is 6.63. The first-order valence-corrected chi connectivity index (χ1v) is 5.15. The fourth-order valence-electron chi connectivity index (χ4n) is 1.54. The van der Waals surface area contributed by atoms with E-state index < -0.39 is 0 Å². The minimum Gasteiger partial charge on any atom is -0.369 e. The van der Waals surface area contributed by atoms with Crippen LogP contribution in [0.1, 0.15) is 20.3 Å². The zero-order valence-corrected chi connectivity index (χ0v) is 9.03. The molecule has 3 heteroatoms. The predicted molar refractivity (Wildman–Crippen MR) is 56.0 cm³/mol. The van der Waals surface area contributed by atoms with Gasteiger partial charge < -0.3 is 9.64 Å². The summed E-state index contributed by atoms with van der Waals surface area (Å²) in [5, 5.41) is 0. The summed E-state index contributed by atoms with van der Waals surface area (Å²) in [4.78, 5) is 13.4. The van der Waals surface area contributed by atoms with Crippen molar-refractivity contribution in [1.82, 2.24) is 4.90 Å². The van der Waals surface area contributed by atoms with Gasteiger partial charge in [0.1, 0.15) is 6.61 Å². The summed E-state index contributed by atoms with van der Waals surface area (Å²) >= 11 is 0. The summed E-state index contributed by atoms with van der Waals surface area (Å²) in [5.41, 5.74) is 0. The lowest BCUT2D eigenvalue weighted by atomic mass is 10.1. The third-order valence-electron chi connectivity index (χ3n) is 2.45. The van der Waals surface area contributed by atoms with Crippen molar-refractivity contribution in [3.8, 4) is 0 Å². The largest absolute Gasteiger partial charge is 0.369 e. The highest BCUT2D eigenvalue weighted by molar-refractivity contribution is 5.77. The van der Waals surface area contributed by atoms with E-state index >= 15 is 0 Å². The lowest BCUT2D eigenvalue weighted by Crippen LogP contribution is -2.32. The average molecular weight is 197 g/mol. The molecule has 1 atom stereocenters. The van der Waals surface area contributed by atoms with Gasteiger partial charge in [-0.25, -0.2) is 0 Å². The standard InChI is InChI=1S/C11H19NO2/c1-4-10-5-6-12(7-10)11(13)8-14-9(2)3/h4,9-10H,1,5-8H2,2-3H3. The van der Waals surface area contributed by atoms with E-state index in [2.05, 4.69) is 6.58 Å². The number of hydrogen-bond donors (Lipinski definition) is 0. The van der Waals surface area contributed by atoms with Crippen LogP contribution in [-0.4, -0.2) is 36.6 Å². The minimum absolute atomic E-state index is 0.100. The fourth-order valence-corrected chi connectivity index (χ4v) is 1.54. The number of amides is 1. The maximum atomic E-state index is 11.6. The Balaban J connectivity index is 2.28. The Morgan fingerprint density at radius 1 is 1.71 bits per heavy atom. The van der Waals surface area contributed by atoms with Crippen molar-refractivity contribution in [2.24, 2.45) is 5.92 Å². The highest BCUT2D eigenvalue weighted by Gasteiger charge is 2.23. The van der Waals surface area contributed by atoms with Gasteiger partial charge in [0.05, 0.1) is 6.10 Å². The monoisotopic (exact) mass is 197 g/mol. The van der Waals surface area contributed by atoms with Crippen molar-refractivity contribution < 1.29 is 9.53 Å². The summed E-state index contributed by atoms with van der Waals surface area (Å²) < 4.78 is 5.27. The summed E-state index contributed by atoms with van der Waals surface area (Å²) in [6, 6.07) is 0. The van der Waals surface area contributed by atoms with Gasteiger partial charge in [0.2, 0.25) is 5.91 Å². The molecule has 0 aliphatic carbocycles. The van der Waals surface area contributed by atoms with Crippen LogP contribution in [0.15, 0.2) is 12.7 Å². The minimum atomic E-state index is 0.100. The molecule has 1 fully saturated rings. The number of nitrogens with zero attached hydrogens (tertiary/aromatic N) is 1. The quantitative estimate of drug-likeness (QED) is 0.638. The van der Waals surface area contributed by atoms with Gasteiger partial charge >= 0.3 is 0 Å². The topological polar surface area (TPSA) is 29.5 Å². The molecule has 1 saturated heterocycles. The van der Waals surface area contributed by atoms with Crippen LogP contribution in [0.25, 0.3) is 0 Å². The highest BCUT2D eigenvalue weighted by Crippen LogP contribution is 2.16. The Labute approximate surface area is 85.7 Å². The second-order valence-corrected chi connectivity index (χ2v) is 3.98. The van der Waals surface area contributed by atoms with E-state index in [1.165, 1.54) is 0 Å². The van der Waals surface area contributed by atoms with Crippen molar-refractivity contribution in [1.29, 1.82) is 0 Å². The van der Waals surface area contributed by atoms with Crippen molar-refractivity contribution in [3.05, 3.63) is 12.7 Å². The van der Waals surface area contributed by atoms with E-state index in [9.17, 15) is 4.79 Å². The molecule has 0 aromatic heterocycles. The van der Waals surface area contributed by atoms with E-state index in [0.717, 1.165) is 19.5 Å². The Bertz CT molecular complexity index is 213. The number of likely N-dealkylation sites (tertiary alicyclic amines) is 1. The first-order valence-electron chi connectivity index (χ1n) is 5.15. The molecule has 14 heavy (non-hydrogen) atoms. The van der Waals surface area contributed by atoms with Gasteiger partial charge in [-0.05, 0) is 26.2 Å². The van der Waals surface area contributed by atoms with Gasteiger partial charge in [0, 0.05) is 13.1 Å². The molecule has 0 saturated carbocycles. The smallest absolute Gasteiger partial charge is 0.248 e. The molecule has 80 valence electrons. The second kappa shape index (κ2) is 5.15. The molecule has 0 bridgehead atoms.